The van der Waals surface area contributed by atoms with Gasteiger partial charge >= 0.3 is 11.9 Å². The highest BCUT2D eigenvalue weighted by molar-refractivity contribution is 5.74. The molecule has 7 N–H and O–H groups in total. The van der Waals surface area contributed by atoms with E-state index in [9.17, 15) is 9.59 Å². The van der Waals surface area contributed by atoms with Crippen LogP contribution in [0.5, 0.6) is 0 Å². The van der Waals surface area contributed by atoms with Gasteiger partial charge in [-0.1, -0.05) is 0 Å². The summed E-state index contributed by atoms with van der Waals surface area (Å²) in [5, 5.41) is 19.1. The number of carboxylic acid groups (broad SMARTS) is 2. The van der Waals surface area contributed by atoms with Crippen molar-refractivity contribution in [3.05, 3.63) is 0 Å². The lowest BCUT2D eigenvalue weighted by Crippen LogP contribution is -2.34. The van der Waals surface area contributed by atoms with Crippen LogP contribution >= 0.6 is 0 Å². The molecule has 0 radical (unpaired) electrons. The van der Waals surface area contributed by atoms with E-state index in [0.717, 1.165) is 0 Å². The molecular formula is C8H19N3O4. The van der Waals surface area contributed by atoms with Gasteiger partial charge in [0.1, 0.15) is 6.04 Å². The Balaban J connectivity index is 0. The Bertz CT molecular complexity index is 185. The molecule has 7 heteroatoms. The molecule has 0 aromatic rings. The second kappa shape index (κ2) is 10.9. The van der Waals surface area contributed by atoms with E-state index in [1.165, 1.54) is 7.05 Å². The van der Waals surface area contributed by atoms with Gasteiger partial charge in [-0.3, -0.25) is 9.59 Å². The molecule has 0 fully saturated rings. The van der Waals surface area contributed by atoms with Gasteiger partial charge in [-0.05, 0) is 13.5 Å². The van der Waals surface area contributed by atoms with Crippen LogP contribution < -0.4 is 16.8 Å². The molecule has 0 bridgehead atoms. The number of nitrogens with two attached hydrogens (primary N) is 2. The van der Waals surface area contributed by atoms with Crippen LogP contribution in [0.2, 0.25) is 0 Å². The Morgan fingerprint density at radius 2 is 1.73 bits per heavy atom. The lowest BCUT2D eigenvalue weighted by atomic mass is 10.1. The molecule has 0 spiro atoms. The highest BCUT2D eigenvalue weighted by atomic mass is 16.4. The molecule has 15 heavy (non-hydrogen) atoms. The maximum absolute atomic E-state index is 10.3. The van der Waals surface area contributed by atoms with Crippen molar-refractivity contribution in [2.75, 3.05) is 20.1 Å². The minimum atomic E-state index is -1.02. The Morgan fingerprint density at radius 3 is 1.93 bits per heavy atom. The number of hydrogen-bond donors (Lipinski definition) is 5. The minimum absolute atomic E-state index is 0.112. The molecule has 0 amide bonds. The van der Waals surface area contributed by atoms with Crippen LogP contribution in [-0.4, -0.2) is 48.3 Å². The van der Waals surface area contributed by atoms with Crippen molar-refractivity contribution in [1.82, 2.24) is 5.32 Å². The van der Waals surface area contributed by atoms with E-state index in [0.29, 0.717) is 13.1 Å². The molecule has 0 aromatic heterocycles. The first-order chi connectivity index (χ1) is 6.99. The van der Waals surface area contributed by atoms with E-state index in [1.807, 2.05) is 0 Å². The van der Waals surface area contributed by atoms with E-state index >= 15 is 0 Å². The van der Waals surface area contributed by atoms with Gasteiger partial charge in [0.15, 0.2) is 0 Å². The molecule has 90 valence electrons. The second-order valence-corrected chi connectivity index (χ2v) is 2.69. The molecule has 0 saturated heterocycles. The first kappa shape index (κ1) is 16.3. The van der Waals surface area contributed by atoms with E-state index in [1.54, 1.807) is 0 Å². The van der Waals surface area contributed by atoms with E-state index in [-0.39, 0.29) is 12.8 Å². The highest BCUT2D eigenvalue weighted by Gasteiger charge is 2.15. The van der Waals surface area contributed by atoms with Crippen molar-refractivity contribution >= 4 is 11.9 Å². The van der Waals surface area contributed by atoms with Crippen molar-refractivity contribution in [3.8, 4) is 0 Å². The van der Waals surface area contributed by atoms with Gasteiger partial charge in [0, 0.05) is 19.5 Å². The molecule has 0 aliphatic rings. The second-order valence-electron chi connectivity index (χ2n) is 2.69. The average Bonchev–Trinajstić information content (AvgIpc) is 2.18. The summed E-state index contributed by atoms with van der Waals surface area (Å²) in [7, 11) is 1.49. The first-order valence-electron chi connectivity index (χ1n) is 4.51. The predicted molar refractivity (Wildman–Crippen MR) is 55.5 cm³/mol. The number of rotatable bonds is 6. The van der Waals surface area contributed by atoms with Crippen LogP contribution in [0.1, 0.15) is 12.8 Å². The van der Waals surface area contributed by atoms with Gasteiger partial charge in [0.25, 0.3) is 0 Å². The first-order valence-corrected chi connectivity index (χ1v) is 4.51. The fourth-order valence-electron chi connectivity index (χ4n) is 0.659. The van der Waals surface area contributed by atoms with Crippen molar-refractivity contribution < 1.29 is 19.8 Å². The monoisotopic (exact) mass is 221 g/mol. The Labute approximate surface area is 88.4 Å². The topological polar surface area (TPSA) is 139 Å². The van der Waals surface area contributed by atoms with Crippen LogP contribution in [0.25, 0.3) is 0 Å². The number of carbonyl (C=O) groups is 2. The quantitative estimate of drug-likeness (QED) is 0.365. The van der Waals surface area contributed by atoms with Crippen LogP contribution in [0.3, 0.4) is 0 Å². The van der Waals surface area contributed by atoms with Gasteiger partial charge in [-0.25, -0.2) is 0 Å². The van der Waals surface area contributed by atoms with Crippen molar-refractivity contribution in [2.24, 2.45) is 11.5 Å². The van der Waals surface area contributed by atoms with Crippen LogP contribution in [0.4, 0.5) is 0 Å². The molecule has 1 atom stereocenters. The van der Waals surface area contributed by atoms with E-state index in [2.05, 4.69) is 5.32 Å². The third-order valence-corrected chi connectivity index (χ3v) is 1.46. The maximum Gasteiger partial charge on any atom is 0.320 e. The zero-order valence-corrected chi connectivity index (χ0v) is 8.77. The summed E-state index contributed by atoms with van der Waals surface area (Å²) in [5.41, 5.74) is 9.81. The van der Waals surface area contributed by atoms with Crippen LogP contribution in [-0.2, 0) is 9.59 Å². The van der Waals surface area contributed by atoms with Gasteiger partial charge in [0.05, 0.1) is 0 Å². The van der Waals surface area contributed by atoms with Crippen molar-refractivity contribution in [2.45, 2.75) is 18.9 Å². The third-order valence-electron chi connectivity index (χ3n) is 1.46. The number of nitrogens with one attached hydrogen (secondary N) is 1. The number of likely N-dealkylation sites (N-methyl/N-ethyl adjacent to an activating group) is 1. The normalized spacial score (nSPS) is 11.1. The third kappa shape index (κ3) is 12.8. The molecular weight excluding hydrogens is 202 g/mol. The number of carboxylic acids is 2. The average molecular weight is 221 g/mol. The lowest BCUT2D eigenvalue weighted by Gasteiger charge is -2.07. The maximum atomic E-state index is 10.3. The molecule has 7 nitrogen and oxygen atoms in total. The van der Waals surface area contributed by atoms with Gasteiger partial charge < -0.3 is 27.0 Å². The number of hydrogen-bond acceptors (Lipinski definition) is 5. The SMILES string of the molecule is CN[C@@H](CCC(=O)O)C(=O)O.NCCN. The van der Waals surface area contributed by atoms with Crippen molar-refractivity contribution in [3.63, 3.8) is 0 Å². The fraction of sp³-hybridized carbons (Fsp3) is 0.750. The van der Waals surface area contributed by atoms with Gasteiger partial charge in [-0.2, -0.15) is 0 Å². The largest absolute Gasteiger partial charge is 0.481 e. The van der Waals surface area contributed by atoms with E-state index < -0.39 is 18.0 Å². The summed E-state index contributed by atoms with van der Waals surface area (Å²) < 4.78 is 0. The molecule has 0 saturated carbocycles. The smallest absolute Gasteiger partial charge is 0.320 e. The summed E-state index contributed by atoms with van der Waals surface area (Å²) in [5.74, 6) is -2.00. The molecule has 0 rings (SSSR count). The Hall–Kier alpha value is -1.18. The molecule has 0 heterocycles. The zero-order valence-electron chi connectivity index (χ0n) is 8.77. The van der Waals surface area contributed by atoms with Crippen LogP contribution in [0.15, 0.2) is 0 Å². The Kier molecular flexibility index (Phi) is 11.8. The lowest BCUT2D eigenvalue weighted by molar-refractivity contribution is -0.140. The number of aliphatic carboxylic acids is 2. The van der Waals surface area contributed by atoms with Gasteiger partial charge in [0.2, 0.25) is 0 Å². The molecule has 0 unspecified atom stereocenters. The molecule has 0 aromatic carbocycles. The molecule has 0 aliphatic heterocycles. The zero-order chi connectivity index (χ0) is 12.3. The summed E-state index contributed by atoms with van der Waals surface area (Å²) in [6, 6.07) is -0.758. The predicted octanol–water partition coefficient (Wildman–Crippen LogP) is -1.57. The summed E-state index contributed by atoms with van der Waals surface area (Å²) >= 11 is 0. The minimum Gasteiger partial charge on any atom is -0.481 e. The summed E-state index contributed by atoms with van der Waals surface area (Å²) in [4.78, 5) is 20.3. The van der Waals surface area contributed by atoms with Crippen molar-refractivity contribution in [1.29, 1.82) is 0 Å². The summed E-state index contributed by atoms with van der Waals surface area (Å²) in [6.45, 7) is 1.19. The van der Waals surface area contributed by atoms with E-state index in [4.69, 9.17) is 21.7 Å². The van der Waals surface area contributed by atoms with Gasteiger partial charge in [-0.15, -0.1) is 0 Å². The molecule has 0 aliphatic carbocycles. The Morgan fingerprint density at radius 1 is 1.27 bits per heavy atom. The fourth-order valence-corrected chi connectivity index (χ4v) is 0.659. The highest BCUT2D eigenvalue weighted by Crippen LogP contribution is 1.96. The summed E-state index contributed by atoms with van der Waals surface area (Å²) in [6.07, 6.45) is -0.0149. The standard InChI is InChI=1S/C6H11NO4.C2H8N2/c1-7-4(6(10)11)2-3-5(8)9;3-1-2-4/h4,7H,2-3H2,1H3,(H,8,9)(H,10,11);1-4H2/t4-;/m0./s1. The van der Waals surface area contributed by atoms with Crippen LogP contribution in [0, 0.1) is 0 Å².